The number of hydrogen-bond acceptors (Lipinski definition) is 2. The highest BCUT2D eigenvalue weighted by Gasteiger charge is 2.00. The van der Waals surface area contributed by atoms with Crippen molar-refractivity contribution in [2.75, 3.05) is 5.43 Å². The number of nitrogens with two attached hydrogens (primary N) is 1. The Hall–Kier alpha value is -1.74. The van der Waals surface area contributed by atoms with Gasteiger partial charge in [0.2, 0.25) is 0 Å². The van der Waals surface area contributed by atoms with Gasteiger partial charge in [0.15, 0.2) is 0 Å². The molecule has 0 spiro atoms. The molecule has 0 bridgehead atoms. The van der Waals surface area contributed by atoms with Crippen molar-refractivity contribution in [1.82, 2.24) is 4.68 Å². The second kappa shape index (κ2) is 3.55. The standard InChI is InChI=1S/C11H13N3/c1-2-11(12)13-14-8-7-9-5-3-4-6-10(9)14/h2-8,11,13H,1,12H2. The molecule has 2 aromatic rings. The van der Waals surface area contributed by atoms with Crippen LogP contribution in [0.15, 0.2) is 49.2 Å². The van der Waals surface area contributed by atoms with Gasteiger partial charge in [-0.15, -0.1) is 0 Å². The van der Waals surface area contributed by atoms with Crippen molar-refractivity contribution < 1.29 is 0 Å². The number of hydrogen-bond donors (Lipinski definition) is 2. The minimum Gasteiger partial charge on any atom is -0.307 e. The molecule has 0 radical (unpaired) electrons. The molecule has 1 atom stereocenters. The predicted molar refractivity (Wildman–Crippen MR) is 59.5 cm³/mol. The zero-order valence-corrected chi connectivity index (χ0v) is 7.85. The third-order valence-electron chi connectivity index (χ3n) is 2.14. The van der Waals surface area contributed by atoms with Crippen LogP contribution in [0.1, 0.15) is 0 Å². The van der Waals surface area contributed by atoms with Crippen molar-refractivity contribution in [2.45, 2.75) is 6.17 Å². The van der Waals surface area contributed by atoms with E-state index in [9.17, 15) is 0 Å². The smallest absolute Gasteiger partial charge is 0.108 e. The van der Waals surface area contributed by atoms with Gasteiger partial charge in [-0.1, -0.05) is 30.9 Å². The Morgan fingerprint density at radius 3 is 2.93 bits per heavy atom. The van der Waals surface area contributed by atoms with Gasteiger partial charge in [0.05, 0.1) is 5.52 Å². The van der Waals surface area contributed by atoms with Gasteiger partial charge in [0, 0.05) is 11.6 Å². The lowest BCUT2D eigenvalue weighted by molar-refractivity contribution is 0.783. The van der Waals surface area contributed by atoms with Crippen molar-refractivity contribution in [3.05, 3.63) is 49.2 Å². The lowest BCUT2D eigenvalue weighted by atomic mass is 10.3. The molecule has 0 saturated heterocycles. The highest BCUT2D eigenvalue weighted by Crippen LogP contribution is 2.13. The molecule has 3 nitrogen and oxygen atoms in total. The first-order chi connectivity index (χ1) is 6.81. The van der Waals surface area contributed by atoms with Crippen LogP contribution < -0.4 is 11.2 Å². The molecule has 1 heterocycles. The summed E-state index contributed by atoms with van der Waals surface area (Å²) in [6.45, 7) is 3.62. The lowest BCUT2D eigenvalue weighted by Gasteiger charge is -2.12. The van der Waals surface area contributed by atoms with Gasteiger partial charge in [-0.25, -0.2) is 0 Å². The molecule has 0 aliphatic heterocycles. The zero-order valence-electron chi connectivity index (χ0n) is 7.85. The van der Waals surface area contributed by atoms with E-state index in [0.717, 1.165) is 5.52 Å². The van der Waals surface area contributed by atoms with E-state index < -0.39 is 0 Å². The summed E-state index contributed by atoms with van der Waals surface area (Å²) in [5.74, 6) is 0. The number of benzene rings is 1. The van der Waals surface area contributed by atoms with Gasteiger partial charge in [-0.3, -0.25) is 4.68 Å². The summed E-state index contributed by atoms with van der Waals surface area (Å²) in [6, 6.07) is 10.2. The van der Waals surface area contributed by atoms with Crippen LogP contribution >= 0.6 is 0 Å². The third-order valence-corrected chi connectivity index (χ3v) is 2.14. The Morgan fingerprint density at radius 1 is 1.36 bits per heavy atom. The topological polar surface area (TPSA) is 43.0 Å². The Bertz CT molecular complexity index is 444. The van der Waals surface area contributed by atoms with E-state index in [4.69, 9.17) is 5.73 Å². The van der Waals surface area contributed by atoms with E-state index in [1.807, 2.05) is 35.1 Å². The molecule has 0 aliphatic carbocycles. The third kappa shape index (κ3) is 1.49. The average molecular weight is 187 g/mol. The molecule has 3 heteroatoms. The Kier molecular flexibility index (Phi) is 2.24. The van der Waals surface area contributed by atoms with Crippen molar-refractivity contribution in [3.63, 3.8) is 0 Å². The maximum Gasteiger partial charge on any atom is 0.108 e. The van der Waals surface area contributed by atoms with Crippen LogP contribution in [-0.4, -0.2) is 10.8 Å². The number of para-hydroxylation sites is 1. The van der Waals surface area contributed by atoms with E-state index in [-0.39, 0.29) is 6.17 Å². The molecule has 0 amide bonds. The van der Waals surface area contributed by atoms with Crippen LogP contribution in [0.5, 0.6) is 0 Å². The number of nitrogens with one attached hydrogen (secondary N) is 1. The molecule has 1 unspecified atom stereocenters. The molecule has 1 aromatic carbocycles. The van der Waals surface area contributed by atoms with Crippen molar-refractivity contribution >= 4 is 10.9 Å². The lowest BCUT2D eigenvalue weighted by Crippen LogP contribution is -2.33. The minimum absolute atomic E-state index is 0.231. The summed E-state index contributed by atoms with van der Waals surface area (Å²) in [5, 5.41) is 1.19. The molecular formula is C11H13N3. The van der Waals surface area contributed by atoms with Crippen molar-refractivity contribution in [1.29, 1.82) is 0 Å². The van der Waals surface area contributed by atoms with Crippen molar-refractivity contribution in [2.24, 2.45) is 5.73 Å². The monoisotopic (exact) mass is 187 g/mol. The summed E-state index contributed by atoms with van der Waals surface area (Å²) in [6.07, 6.45) is 3.38. The van der Waals surface area contributed by atoms with Crippen LogP contribution in [0.25, 0.3) is 10.9 Å². The molecule has 1 aromatic heterocycles. The highest BCUT2D eigenvalue weighted by molar-refractivity contribution is 5.80. The number of fused-ring (bicyclic) bond motifs is 1. The van der Waals surface area contributed by atoms with Crippen LogP contribution in [0.2, 0.25) is 0 Å². The minimum atomic E-state index is -0.231. The van der Waals surface area contributed by atoms with E-state index >= 15 is 0 Å². The fraction of sp³-hybridized carbons (Fsp3) is 0.0909. The summed E-state index contributed by atoms with van der Waals surface area (Å²) in [4.78, 5) is 0. The first-order valence-corrected chi connectivity index (χ1v) is 4.52. The van der Waals surface area contributed by atoms with Crippen LogP contribution in [0.4, 0.5) is 0 Å². The maximum absolute atomic E-state index is 5.71. The molecule has 72 valence electrons. The SMILES string of the molecule is C=CC(N)Nn1ccc2ccccc21. The second-order valence-corrected chi connectivity index (χ2v) is 3.14. The fourth-order valence-corrected chi connectivity index (χ4v) is 1.41. The van der Waals surface area contributed by atoms with Gasteiger partial charge in [0.1, 0.15) is 6.17 Å². The first kappa shape index (κ1) is 8.84. The van der Waals surface area contributed by atoms with E-state index in [1.165, 1.54) is 5.39 Å². The molecule has 14 heavy (non-hydrogen) atoms. The average Bonchev–Trinajstić information content (AvgIpc) is 2.62. The Labute approximate surface area is 82.8 Å². The van der Waals surface area contributed by atoms with E-state index in [2.05, 4.69) is 18.1 Å². The molecule has 2 rings (SSSR count). The molecule has 0 saturated carbocycles. The number of aromatic nitrogens is 1. The number of nitrogens with zero attached hydrogens (tertiary/aromatic N) is 1. The summed E-state index contributed by atoms with van der Waals surface area (Å²) < 4.78 is 1.90. The highest BCUT2D eigenvalue weighted by atomic mass is 15.4. The van der Waals surface area contributed by atoms with E-state index in [0.29, 0.717) is 0 Å². The summed E-state index contributed by atoms with van der Waals surface area (Å²) in [5.41, 5.74) is 9.91. The van der Waals surface area contributed by atoms with E-state index in [1.54, 1.807) is 6.08 Å². The predicted octanol–water partition coefficient (Wildman–Crippen LogP) is 1.66. The quantitative estimate of drug-likeness (QED) is 0.567. The summed E-state index contributed by atoms with van der Waals surface area (Å²) in [7, 11) is 0. The Morgan fingerprint density at radius 2 is 2.14 bits per heavy atom. The van der Waals surface area contributed by atoms with Crippen LogP contribution in [-0.2, 0) is 0 Å². The maximum atomic E-state index is 5.71. The zero-order chi connectivity index (χ0) is 9.97. The van der Waals surface area contributed by atoms with Crippen LogP contribution in [0.3, 0.4) is 0 Å². The first-order valence-electron chi connectivity index (χ1n) is 4.52. The van der Waals surface area contributed by atoms with Crippen molar-refractivity contribution in [3.8, 4) is 0 Å². The van der Waals surface area contributed by atoms with Gasteiger partial charge in [0.25, 0.3) is 0 Å². The van der Waals surface area contributed by atoms with Crippen LogP contribution in [0, 0.1) is 0 Å². The Balaban J connectivity index is 2.38. The fourth-order valence-electron chi connectivity index (χ4n) is 1.41. The molecular weight excluding hydrogens is 174 g/mol. The molecule has 0 fully saturated rings. The van der Waals surface area contributed by atoms with Gasteiger partial charge >= 0.3 is 0 Å². The summed E-state index contributed by atoms with van der Waals surface area (Å²) >= 11 is 0. The normalized spacial score (nSPS) is 12.6. The largest absolute Gasteiger partial charge is 0.307 e. The second-order valence-electron chi connectivity index (χ2n) is 3.14. The van der Waals surface area contributed by atoms with Gasteiger partial charge in [-0.2, -0.15) is 0 Å². The molecule has 3 N–H and O–H groups in total. The van der Waals surface area contributed by atoms with Gasteiger partial charge < -0.3 is 11.2 Å². The molecule has 0 aliphatic rings. The number of rotatable bonds is 3. The van der Waals surface area contributed by atoms with Gasteiger partial charge in [-0.05, 0) is 12.1 Å².